The molecule has 1 unspecified atom stereocenters. The van der Waals surface area contributed by atoms with E-state index in [9.17, 15) is 14.4 Å². The number of aliphatic carboxylic acids is 1. The second-order valence-corrected chi connectivity index (χ2v) is 5.84. The Hall–Kier alpha value is -2.37. The van der Waals surface area contributed by atoms with Gasteiger partial charge >= 0.3 is 5.97 Å². The molecule has 1 aromatic carbocycles. The molecule has 0 bridgehead atoms. The molecule has 1 atom stereocenters. The van der Waals surface area contributed by atoms with Gasteiger partial charge < -0.3 is 15.3 Å². The zero-order valence-electron chi connectivity index (χ0n) is 13.2. The largest absolute Gasteiger partial charge is 0.481 e. The highest BCUT2D eigenvalue weighted by molar-refractivity contribution is 6.01. The molecule has 2 N–H and O–H groups in total. The van der Waals surface area contributed by atoms with Gasteiger partial charge in [-0.15, -0.1) is 0 Å². The van der Waals surface area contributed by atoms with Crippen LogP contribution in [0.2, 0.25) is 0 Å². The van der Waals surface area contributed by atoms with E-state index in [1.165, 1.54) is 0 Å². The SMILES string of the molecule is Cc1ccc(N2CCC(NC(=O)CCCCC(=O)O)C2=O)cc1. The van der Waals surface area contributed by atoms with Gasteiger partial charge in [0.2, 0.25) is 11.8 Å². The number of nitrogens with one attached hydrogen (secondary N) is 1. The average molecular weight is 318 g/mol. The van der Waals surface area contributed by atoms with Gasteiger partial charge in [0.25, 0.3) is 0 Å². The normalized spacial score (nSPS) is 17.3. The predicted molar refractivity (Wildman–Crippen MR) is 86.2 cm³/mol. The summed E-state index contributed by atoms with van der Waals surface area (Å²) in [7, 11) is 0. The number of nitrogens with zero attached hydrogens (tertiary/aromatic N) is 1. The Morgan fingerprint density at radius 1 is 1.22 bits per heavy atom. The zero-order chi connectivity index (χ0) is 16.8. The highest BCUT2D eigenvalue weighted by atomic mass is 16.4. The Morgan fingerprint density at radius 3 is 2.52 bits per heavy atom. The quantitative estimate of drug-likeness (QED) is 0.751. The van der Waals surface area contributed by atoms with Crippen molar-refractivity contribution < 1.29 is 19.5 Å². The summed E-state index contributed by atoms with van der Waals surface area (Å²) in [6.07, 6.45) is 1.89. The molecule has 0 saturated carbocycles. The molecule has 2 rings (SSSR count). The third-order valence-electron chi connectivity index (χ3n) is 3.93. The van der Waals surface area contributed by atoms with Crippen molar-refractivity contribution in [2.75, 3.05) is 11.4 Å². The number of carbonyl (C=O) groups excluding carboxylic acids is 2. The lowest BCUT2D eigenvalue weighted by Gasteiger charge is -2.17. The van der Waals surface area contributed by atoms with Gasteiger partial charge in [0.05, 0.1) is 0 Å². The Kier molecular flexibility index (Phi) is 5.73. The summed E-state index contributed by atoms with van der Waals surface area (Å²) >= 11 is 0. The van der Waals surface area contributed by atoms with E-state index in [4.69, 9.17) is 5.11 Å². The van der Waals surface area contributed by atoms with Crippen LogP contribution >= 0.6 is 0 Å². The maximum Gasteiger partial charge on any atom is 0.303 e. The molecule has 1 aromatic rings. The molecule has 1 saturated heterocycles. The lowest BCUT2D eigenvalue weighted by molar-refractivity contribution is -0.137. The maximum atomic E-state index is 12.4. The van der Waals surface area contributed by atoms with Crippen molar-refractivity contribution in [3.05, 3.63) is 29.8 Å². The molecule has 1 fully saturated rings. The Labute approximate surface area is 135 Å². The lowest BCUT2D eigenvalue weighted by atomic mass is 10.1. The first kappa shape index (κ1) is 17.0. The van der Waals surface area contributed by atoms with Gasteiger partial charge in [0.15, 0.2) is 0 Å². The number of benzene rings is 1. The van der Waals surface area contributed by atoms with Gasteiger partial charge in [0.1, 0.15) is 6.04 Å². The van der Waals surface area contributed by atoms with Crippen molar-refractivity contribution in [1.29, 1.82) is 0 Å². The number of amides is 2. The van der Waals surface area contributed by atoms with E-state index in [2.05, 4.69) is 5.32 Å². The highest BCUT2D eigenvalue weighted by Gasteiger charge is 2.33. The number of rotatable bonds is 7. The van der Waals surface area contributed by atoms with Gasteiger partial charge in [-0.05, 0) is 38.3 Å². The van der Waals surface area contributed by atoms with Gasteiger partial charge in [-0.2, -0.15) is 0 Å². The van der Waals surface area contributed by atoms with E-state index in [0.29, 0.717) is 25.8 Å². The molecule has 0 aromatic heterocycles. The lowest BCUT2D eigenvalue weighted by Crippen LogP contribution is -2.41. The van der Waals surface area contributed by atoms with Crippen molar-refractivity contribution in [2.45, 2.75) is 45.1 Å². The fraction of sp³-hybridized carbons (Fsp3) is 0.471. The smallest absolute Gasteiger partial charge is 0.303 e. The number of unbranched alkanes of at least 4 members (excludes halogenated alkanes) is 1. The molecule has 1 aliphatic heterocycles. The van der Waals surface area contributed by atoms with Gasteiger partial charge in [-0.25, -0.2) is 0 Å². The standard InChI is InChI=1S/C17H22N2O4/c1-12-6-8-13(9-7-12)19-11-10-14(17(19)23)18-15(20)4-2-3-5-16(21)22/h6-9,14H,2-5,10-11H2,1H3,(H,18,20)(H,21,22). The fourth-order valence-corrected chi connectivity index (χ4v) is 2.62. The van der Waals surface area contributed by atoms with Crippen LogP contribution in [0.4, 0.5) is 5.69 Å². The first-order chi connectivity index (χ1) is 11.0. The van der Waals surface area contributed by atoms with Crippen LogP contribution in [0.25, 0.3) is 0 Å². The van der Waals surface area contributed by atoms with E-state index >= 15 is 0 Å². The molecule has 23 heavy (non-hydrogen) atoms. The highest BCUT2D eigenvalue weighted by Crippen LogP contribution is 2.22. The number of anilines is 1. The van der Waals surface area contributed by atoms with Crippen LogP contribution < -0.4 is 10.2 Å². The number of hydrogen-bond donors (Lipinski definition) is 2. The summed E-state index contributed by atoms with van der Waals surface area (Å²) < 4.78 is 0. The number of hydrogen-bond acceptors (Lipinski definition) is 3. The molecular formula is C17H22N2O4. The van der Waals surface area contributed by atoms with E-state index in [1.54, 1.807) is 4.90 Å². The first-order valence-electron chi connectivity index (χ1n) is 7.86. The second-order valence-electron chi connectivity index (χ2n) is 5.84. The van der Waals surface area contributed by atoms with Gasteiger partial charge in [-0.3, -0.25) is 14.4 Å². The monoisotopic (exact) mass is 318 g/mol. The number of carboxylic acid groups (broad SMARTS) is 1. The third kappa shape index (κ3) is 4.81. The fourth-order valence-electron chi connectivity index (χ4n) is 2.62. The van der Waals surface area contributed by atoms with Gasteiger partial charge in [-0.1, -0.05) is 17.7 Å². The van der Waals surface area contributed by atoms with Crippen molar-refractivity contribution in [3.8, 4) is 0 Å². The number of carbonyl (C=O) groups is 3. The molecule has 0 radical (unpaired) electrons. The van der Waals surface area contributed by atoms with Crippen LogP contribution in [0, 0.1) is 6.92 Å². The van der Waals surface area contributed by atoms with Crippen LogP contribution in [-0.4, -0.2) is 35.5 Å². The third-order valence-corrected chi connectivity index (χ3v) is 3.93. The Morgan fingerprint density at radius 2 is 1.87 bits per heavy atom. The molecule has 1 aliphatic rings. The summed E-state index contributed by atoms with van der Waals surface area (Å²) in [6, 6.07) is 7.24. The van der Waals surface area contributed by atoms with E-state index in [1.807, 2.05) is 31.2 Å². The van der Waals surface area contributed by atoms with Gasteiger partial charge in [0, 0.05) is 25.1 Å². The van der Waals surface area contributed by atoms with Crippen molar-refractivity contribution in [1.82, 2.24) is 5.32 Å². The topological polar surface area (TPSA) is 86.7 Å². The Balaban J connectivity index is 1.81. The molecule has 6 heteroatoms. The number of carboxylic acids is 1. The first-order valence-corrected chi connectivity index (χ1v) is 7.86. The van der Waals surface area contributed by atoms with Crippen LogP contribution in [0.3, 0.4) is 0 Å². The van der Waals surface area contributed by atoms with E-state index < -0.39 is 12.0 Å². The second kappa shape index (κ2) is 7.76. The minimum Gasteiger partial charge on any atom is -0.481 e. The zero-order valence-corrected chi connectivity index (χ0v) is 13.2. The Bertz CT molecular complexity index is 583. The minimum atomic E-state index is -0.856. The van der Waals surface area contributed by atoms with Crippen molar-refractivity contribution >= 4 is 23.5 Å². The summed E-state index contributed by atoms with van der Waals surface area (Å²) in [5.74, 6) is -1.14. The van der Waals surface area contributed by atoms with Crippen LogP contribution in [-0.2, 0) is 14.4 Å². The van der Waals surface area contributed by atoms with Crippen LogP contribution in [0.15, 0.2) is 24.3 Å². The molecule has 6 nitrogen and oxygen atoms in total. The van der Waals surface area contributed by atoms with E-state index in [0.717, 1.165) is 11.3 Å². The van der Waals surface area contributed by atoms with E-state index in [-0.39, 0.29) is 24.7 Å². The van der Waals surface area contributed by atoms with Crippen LogP contribution in [0.1, 0.15) is 37.7 Å². The minimum absolute atomic E-state index is 0.0663. The van der Waals surface area contributed by atoms with Crippen LogP contribution in [0.5, 0.6) is 0 Å². The summed E-state index contributed by atoms with van der Waals surface area (Å²) in [6.45, 7) is 2.58. The molecule has 2 amide bonds. The average Bonchev–Trinajstić information content (AvgIpc) is 2.86. The predicted octanol–water partition coefficient (Wildman–Crippen LogP) is 1.86. The molecule has 124 valence electrons. The van der Waals surface area contributed by atoms with Crippen molar-refractivity contribution in [3.63, 3.8) is 0 Å². The molecular weight excluding hydrogens is 296 g/mol. The summed E-state index contributed by atoms with van der Waals surface area (Å²) in [5.41, 5.74) is 1.98. The molecule has 0 aliphatic carbocycles. The molecule has 0 spiro atoms. The summed E-state index contributed by atoms with van der Waals surface area (Å²) in [4.78, 5) is 36.3. The maximum absolute atomic E-state index is 12.4. The van der Waals surface area contributed by atoms with Crippen molar-refractivity contribution in [2.24, 2.45) is 0 Å². The number of aryl methyl sites for hydroxylation is 1. The summed E-state index contributed by atoms with van der Waals surface area (Å²) in [5, 5.41) is 11.3. The molecule has 1 heterocycles.